The topological polar surface area (TPSA) is 24.5 Å². The van der Waals surface area contributed by atoms with E-state index in [1.165, 1.54) is 12.1 Å². The summed E-state index contributed by atoms with van der Waals surface area (Å²) in [4.78, 5) is 1.99. The van der Waals surface area contributed by atoms with Crippen molar-refractivity contribution < 1.29 is 26.7 Å². The predicted molar refractivity (Wildman–Crippen MR) is 82.8 cm³/mol. The predicted octanol–water partition coefficient (Wildman–Crippen LogP) is 4.00. The Hall–Kier alpha value is -1.12. The molecule has 9 heteroatoms. The van der Waals surface area contributed by atoms with E-state index in [0.717, 1.165) is 13.1 Å². The SMILES string of the molecule is Cl.FC(F)Oc1ccc([C@H](CCC(F)(F)F)N2CCNCC2)cc1. The number of nitrogens with one attached hydrogen (secondary N) is 1. The van der Waals surface area contributed by atoms with Gasteiger partial charge in [-0.3, -0.25) is 4.90 Å². The molecule has 1 atom stereocenters. The molecule has 0 radical (unpaired) electrons. The van der Waals surface area contributed by atoms with Gasteiger partial charge in [-0.05, 0) is 24.1 Å². The van der Waals surface area contributed by atoms with Crippen molar-refractivity contribution in [2.24, 2.45) is 0 Å². The van der Waals surface area contributed by atoms with Gasteiger partial charge >= 0.3 is 12.8 Å². The van der Waals surface area contributed by atoms with Crippen LogP contribution in [0.5, 0.6) is 5.75 Å². The molecule has 3 nitrogen and oxygen atoms in total. The van der Waals surface area contributed by atoms with Gasteiger partial charge in [0.05, 0.1) is 0 Å². The molecule has 1 aromatic rings. The second-order valence-electron chi connectivity index (χ2n) is 5.40. The maximum absolute atomic E-state index is 12.6. The van der Waals surface area contributed by atoms with Crippen LogP contribution in [0.4, 0.5) is 22.0 Å². The van der Waals surface area contributed by atoms with E-state index in [9.17, 15) is 22.0 Å². The second-order valence-corrected chi connectivity index (χ2v) is 5.40. The second kappa shape index (κ2) is 9.39. The van der Waals surface area contributed by atoms with Crippen LogP contribution in [-0.2, 0) is 0 Å². The van der Waals surface area contributed by atoms with Crippen LogP contribution in [0.3, 0.4) is 0 Å². The molecule has 1 heterocycles. The number of alkyl halides is 5. The van der Waals surface area contributed by atoms with E-state index in [1.807, 2.05) is 4.90 Å². The number of hydrogen-bond acceptors (Lipinski definition) is 3. The van der Waals surface area contributed by atoms with Crippen LogP contribution in [0, 0.1) is 0 Å². The number of hydrogen-bond donors (Lipinski definition) is 1. The first-order chi connectivity index (χ1) is 10.8. The monoisotopic (exact) mass is 374 g/mol. The summed E-state index contributed by atoms with van der Waals surface area (Å²) in [5, 5.41) is 3.16. The minimum atomic E-state index is -4.22. The Kier molecular flexibility index (Phi) is 8.18. The highest BCUT2D eigenvalue weighted by molar-refractivity contribution is 5.85. The van der Waals surface area contributed by atoms with E-state index >= 15 is 0 Å². The highest BCUT2D eigenvalue weighted by Gasteiger charge is 2.31. The lowest BCUT2D eigenvalue weighted by Gasteiger charge is -2.35. The molecule has 1 aromatic carbocycles. The van der Waals surface area contributed by atoms with Gasteiger partial charge < -0.3 is 10.1 Å². The third kappa shape index (κ3) is 6.78. The quantitative estimate of drug-likeness (QED) is 0.762. The van der Waals surface area contributed by atoms with E-state index in [0.29, 0.717) is 18.7 Å². The Balaban J connectivity index is 0.00000288. The van der Waals surface area contributed by atoms with Gasteiger partial charge in [-0.25, -0.2) is 0 Å². The summed E-state index contributed by atoms with van der Waals surface area (Å²) in [6.07, 6.45) is -5.15. The van der Waals surface area contributed by atoms with Gasteiger partial charge in [0.25, 0.3) is 0 Å². The largest absolute Gasteiger partial charge is 0.435 e. The number of benzene rings is 1. The van der Waals surface area contributed by atoms with Gasteiger partial charge in [-0.2, -0.15) is 22.0 Å². The van der Waals surface area contributed by atoms with Gasteiger partial charge in [0.2, 0.25) is 0 Å². The molecular weight excluding hydrogens is 355 g/mol. The third-order valence-electron chi connectivity index (χ3n) is 3.78. The van der Waals surface area contributed by atoms with E-state index in [4.69, 9.17) is 0 Å². The van der Waals surface area contributed by atoms with Crippen LogP contribution < -0.4 is 10.1 Å². The van der Waals surface area contributed by atoms with Crippen molar-refractivity contribution in [3.63, 3.8) is 0 Å². The van der Waals surface area contributed by atoms with Crippen molar-refractivity contribution in [2.45, 2.75) is 31.7 Å². The van der Waals surface area contributed by atoms with Crippen molar-refractivity contribution in [1.29, 1.82) is 0 Å². The van der Waals surface area contributed by atoms with Gasteiger partial charge in [0.15, 0.2) is 0 Å². The Morgan fingerprint density at radius 3 is 2.17 bits per heavy atom. The average Bonchev–Trinajstić information content (AvgIpc) is 2.48. The fourth-order valence-electron chi connectivity index (χ4n) is 2.73. The molecule has 1 aliphatic heterocycles. The minimum absolute atomic E-state index is 0. The molecule has 2 rings (SSSR count). The molecule has 0 aliphatic carbocycles. The molecule has 0 spiro atoms. The molecule has 138 valence electrons. The summed E-state index contributed by atoms with van der Waals surface area (Å²) < 4.78 is 66.3. The highest BCUT2D eigenvalue weighted by atomic mass is 35.5. The summed E-state index contributed by atoms with van der Waals surface area (Å²) >= 11 is 0. The van der Waals surface area contributed by atoms with Crippen molar-refractivity contribution in [3.8, 4) is 5.75 Å². The molecule has 24 heavy (non-hydrogen) atoms. The fourth-order valence-corrected chi connectivity index (χ4v) is 2.73. The molecule has 0 aromatic heterocycles. The summed E-state index contributed by atoms with van der Waals surface area (Å²) in [5.41, 5.74) is 0.678. The van der Waals surface area contributed by atoms with Crippen LogP contribution in [0.1, 0.15) is 24.4 Å². The van der Waals surface area contributed by atoms with Crippen LogP contribution >= 0.6 is 12.4 Å². The first-order valence-corrected chi connectivity index (χ1v) is 7.41. The van der Waals surface area contributed by atoms with Gasteiger partial charge in [-0.1, -0.05) is 12.1 Å². The van der Waals surface area contributed by atoms with Gasteiger partial charge in [0, 0.05) is 38.6 Å². The molecule has 1 N–H and O–H groups in total. The third-order valence-corrected chi connectivity index (χ3v) is 3.78. The molecule has 0 bridgehead atoms. The zero-order chi connectivity index (χ0) is 16.9. The normalized spacial score (nSPS) is 17.4. The molecule has 1 fully saturated rings. The maximum Gasteiger partial charge on any atom is 0.389 e. The average molecular weight is 375 g/mol. The molecule has 0 amide bonds. The highest BCUT2D eigenvalue weighted by Crippen LogP contribution is 2.32. The molecule has 1 aliphatic rings. The lowest BCUT2D eigenvalue weighted by atomic mass is 9.99. The lowest BCUT2D eigenvalue weighted by Crippen LogP contribution is -2.45. The Morgan fingerprint density at radius 1 is 1.08 bits per heavy atom. The van der Waals surface area contributed by atoms with Crippen LogP contribution in [0.2, 0.25) is 0 Å². The summed E-state index contributed by atoms with van der Waals surface area (Å²) in [5.74, 6) is -0.00127. The Bertz CT molecular complexity index is 478. The zero-order valence-corrected chi connectivity index (χ0v) is 13.7. The van der Waals surface area contributed by atoms with Crippen LogP contribution in [0.25, 0.3) is 0 Å². The molecule has 0 saturated carbocycles. The van der Waals surface area contributed by atoms with E-state index < -0.39 is 19.2 Å². The lowest BCUT2D eigenvalue weighted by molar-refractivity contribution is -0.138. The van der Waals surface area contributed by atoms with Crippen molar-refractivity contribution in [1.82, 2.24) is 10.2 Å². The summed E-state index contributed by atoms with van der Waals surface area (Å²) in [6, 6.07) is 5.45. The fraction of sp³-hybridized carbons (Fsp3) is 0.600. The van der Waals surface area contributed by atoms with Crippen molar-refractivity contribution >= 4 is 12.4 Å². The molecule has 0 unspecified atom stereocenters. The van der Waals surface area contributed by atoms with E-state index in [1.54, 1.807) is 12.1 Å². The summed E-state index contributed by atoms with van der Waals surface area (Å²) in [6.45, 7) is -0.185. The van der Waals surface area contributed by atoms with E-state index in [2.05, 4.69) is 10.1 Å². The Labute approximate surface area is 143 Å². The standard InChI is InChI=1S/C15H19F5N2O.ClH/c16-14(17)23-12-3-1-11(2-4-12)13(5-6-15(18,19)20)22-9-7-21-8-10-22;/h1-4,13-14,21H,5-10H2;1H/t13-;/m0./s1. The van der Waals surface area contributed by atoms with Crippen molar-refractivity contribution in [3.05, 3.63) is 29.8 Å². The summed E-state index contributed by atoms with van der Waals surface area (Å²) in [7, 11) is 0. The van der Waals surface area contributed by atoms with Gasteiger partial charge in [-0.15, -0.1) is 12.4 Å². The number of nitrogens with zero attached hydrogens (tertiary/aromatic N) is 1. The number of halogens is 6. The number of piperazine rings is 1. The maximum atomic E-state index is 12.6. The Morgan fingerprint density at radius 2 is 1.67 bits per heavy atom. The first-order valence-electron chi connectivity index (χ1n) is 7.41. The smallest absolute Gasteiger partial charge is 0.389 e. The zero-order valence-electron chi connectivity index (χ0n) is 12.9. The number of rotatable bonds is 6. The molecular formula is C15H20ClF5N2O. The minimum Gasteiger partial charge on any atom is -0.435 e. The van der Waals surface area contributed by atoms with Crippen molar-refractivity contribution in [2.75, 3.05) is 26.2 Å². The first kappa shape index (κ1) is 20.9. The van der Waals surface area contributed by atoms with Crippen LogP contribution in [0.15, 0.2) is 24.3 Å². The molecule has 1 saturated heterocycles. The number of ether oxygens (including phenoxy) is 1. The van der Waals surface area contributed by atoms with Crippen LogP contribution in [-0.4, -0.2) is 43.9 Å². The van der Waals surface area contributed by atoms with E-state index in [-0.39, 0.29) is 30.6 Å². The van der Waals surface area contributed by atoms with Gasteiger partial charge in [0.1, 0.15) is 5.75 Å².